The maximum absolute atomic E-state index is 4.19. The van der Waals surface area contributed by atoms with E-state index in [0.29, 0.717) is 6.04 Å². The lowest BCUT2D eigenvalue weighted by Gasteiger charge is -2.28. The van der Waals surface area contributed by atoms with E-state index < -0.39 is 0 Å². The largest absolute Gasteiger partial charge is 0.309 e. The SMILES string of the molecule is CC(CC1CCC1)NCc1ccncn1. The number of rotatable bonds is 5. The fourth-order valence-corrected chi connectivity index (χ4v) is 2.01. The molecule has 1 aliphatic rings. The molecule has 1 atom stereocenters. The van der Waals surface area contributed by atoms with Gasteiger partial charge in [0.1, 0.15) is 6.33 Å². The zero-order chi connectivity index (χ0) is 10.5. The Bertz CT molecular complexity index is 282. The number of aromatic nitrogens is 2. The van der Waals surface area contributed by atoms with Crippen LogP contribution in [0.3, 0.4) is 0 Å². The van der Waals surface area contributed by atoms with E-state index in [0.717, 1.165) is 18.2 Å². The molecule has 0 bridgehead atoms. The first kappa shape index (κ1) is 10.6. The van der Waals surface area contributed by atoms with Gasteiger partial charge in [0.15, 0.2) is 0 Å². The van der Waals surface area contributed by atoms with E-state index >= 15 is 0 Å². The zero-order valence-corrected chi connectivity index (χ0v) is 9.32. The maximum atomic E-state index is 4.19. The minimum atomic E-state index is 0.602. The van der Waals surface area contributed by atoms with Gasteiger partial charge in [-0.05, 0) is 25.3 Å². The van der Waals surface area contributed by atoms with Crippen molar-refractivity contribution in [3.05, 3.63) is 24.3 Å². The van der Waals surface area contributed by atoms with Crippen LogP contribution in [0.25, 0.3) is 0 Å². The Hall–Kier alpha value is -0.960. The Morgan fingerprint density at radius 3 is 3.00 bits per heavy atom. The highest BCUT2D eigenvalue weighted by atomic mass is 14.9. The minimum absolute atomic E-state index is 0.602. The Morgan fingerprint density at radius 1 is 1.53 bits per heavy atom. The summed E-state index contributed by atoms with van der Waals surface area (Å²) >= 11 is 0. The predicted octanol–water partition coefficient (Wildman–Crippen LogP) is 2.14. The summed E-state index contributed by atoms with van der Waals surface area (Å²) < 4.78 is 0. The lowest BCUT2D eigenvalue weighted by atomic mass is 9.81. The van der Waals surface area contributed by atoms with Crippen molar-refractivity contribution in [1.82, 2.24) is 15.3 Å². The predicted molar refractivity (Wildman–Crippen MR) is 60.3 cm³/mol. The average Bonchev–Trinajstić information content (AvgIpc) is 2.22. The fraction of sp³-hybridized carbons (Fsp3) is 0.667. The summed E-state index contributed by atoms with van der Waals surface area (Å²) in [5, 5.41) is 3.51. The molecular formula is C12H19N3. The van der Waals surface area contributed by atoms with Gasteiger partial charge in [0.25, 0.3) is 0 Å². The van der Waals surface area contributed by atoms with Crippen LogP contribution in [0.5, 0.6) is 0 Å². The summed E-state index contributed by atoms with van der Waals surface area (Å²) in [6.45, 7) is 3.12. The molecule has 1 aromatic rings. The van der Waals surface area contributed by atoms with Crippen LogP contribution < -0.4 is 5.32 Å². The standard InChI is InChI=1S/C12H19N3/c1-10(7-11-3-2-4-11)14-8-12-5-6-13-9-15-12/h5-6,9-11,14H,2-4,7-8H2,1H3. The smallest absolute Gasteiger partial charge is 0.115 e. The Balaban J connectivity index is 1.68. The van der Waals surface area contributed by atoms with E-state index in [2.05, 4.69) is 22.2 Å². The number of nitrogens with one attached hydrogen (secondary N) is 1. The lowest BCUT2D eigenvalue weighted by Crippen LogP contribution is -2.30. The van der Waals surface area contributed by atoms with E-state index in [9.17, 15) is 0 Å². The first-order valence-electron chi connectivity index (χ1n) is 5.83. The van der Waals surface area contributed by atoms with Gasteiger partial charge >= 0.3 is 0 Å². The van der Waals surface area contributed by atoms with Crippen LogP contribution in [0, 0.1) is 5.92 Å². The van der Waals surface area contributed by atoms with Crippen LogP contribution in [0.2, 0.25) is 0 Å². The summed E-state index contributed by atoms with van der Waals surface area (Å²) in [5.74, 6) is 0.970. The third-order valence-corrected chi connectivity index (χ3v) is 3.19. The Morgan fingerprint density at radius 2 is 2.40 bits per heavy atom. The van der Waals surface area contributed by atoms with E-state index in [1.54, 1.807) is 12.5 Å². The van der Waals surface area contributed by atoms with E-state index in [-0.39, 0.29) is 0 Å². The molecule has 1 unspecified atom stereocenters. The van der Waals surface area contributed by atoms with Gasteiger partial charge in [0, 0.05) is 18.8 Å². The molecule has 1 fully saturated rings. The molecule has 3 heteroatoms. The van der Waals surface area contributed by atoms with Crippen LogP contribution in [-0.2, 0) is 6.54 Å². The summed E-state index contributed by atoms with van der Waals surface area (Å²) in [5.41, 5.74) is 1.07. The van der Waals surface area contributed by atoms with Gasteiger partial charge in [-0.2, -0.15) is 0 Å². The van der Waals surface area contributed by atoms with Crippen molar-refractivity contribution >= 4 is 0 Å². The van der Waals surface area contributed by atoms with Crippen molar-refractivity contribution in [1.29, 1.82) is 0 Å². The average molecular weight is 205 g/mol. The third-order valence-electron chi connectivity index (χ3n) is 3.19. The van der Waals surface area contributed by atoms with Gasteiger partial charge in [0.2, 0.25) is 0 Å². The molecule has 1 N–H and O–H groups in total. The van der Waals surface area contributed by atoms with Crippen molar-refractivity contribution in [3.63, 3.8) is 0 Å². The molecule has 0 spiro atoms. The first-order chi connectivity index (χ1) is 7.34. The van der Waals surface area contributed by atoms with Crippen LogP contribution in [0.1, 0.15) is 38.3 Å². The van der Waals surface area contributed by atoms with Gasteiger partial charge in [-0.25, -0.2) is 9.97 Å². The Kier molecular flexibility index (Phi) is 3.67. The molecule has 1 aliphatic carbocycles. The van der Waals surface area contributed by atoms with Crippen molar-refractivity contribution in [2.24, 2.45) is 5.92 Å². The third kappa shape index (κ3) is 3.27. The Labute approximate surface area is 91.3 Å². The van der Waals surface area contributed by atoms with Crippen molar-refractivity contribution in [2.45, 2.75) is 45.2 Å². The molecule has 82 valence electrons. The van der Waals surface area contributed by atoms with Crippen LogP contribution in [0.15, 0.2) is 18.6 Å². The molecule has 0 saturated heterocycles. The van der Waals surface area contributed by atoms with Gasteiger partial charge < -0.3 is 5.32 Å². The summed E-state index contributed by atoms with van der Waals surface area (Å²) in [6.07, 6.45) is 9.00. The minimum Gasteiger partial charge on any atom is -0.309 e. The van der Waals surface area contributed by atoms with Gasteiger partial charge in [0.05, 0.1) is 5.69 Å². The summed E-state index contributed by atoms with van der Waals surface area (Å²) in [6, 6.07) is 2.56. The van der Waals surface area contributed by atoms with Crippen molar-refractivity contribution in [3.8, 4) is 0 Å². The van der Waals surface area contributed by atoms with Crippen molar-refractivity contribution in [2.75, 3.05) is 0 Å². The molecule has 0 aliphatic heterocycles. The maximum Gasteiger partial charge on any atom is 0.115 e. The summed E-state index contributed by atoms with van der Waals surface area (Å²) in [4.78, 5) is 8.09. The second kappa shape index (κ2) is 5.21. The molecule has 0 radical (unpaired) electrons. The molecule has 1 aromatic heterocycles. The first-order valence-corrected chi connectivity index (χ1v) is 5.83. The molecule has 3 nitrogen and oxygen atoms in total. The molecule has 0 aromatic carbocycles. The van der Waals surface area contributed by atoms with Crippen LogP contribution in [-0.4, -0.2) is 16.0 Å². The monoisotopic (exact) mass is 205 g/mol. The van der Waals surface area contributed by atoms with Crippen LogP contribution >= 0.6 is 0 Å². The lowest BCUT2D eigenvalue weighted by molar-refractivity contribution is 0.265. The van der Waals surface area contributed by atoms with E-state index in [1.807, 2.05) is 6.07 Å². The fourth-order valence-electron chi connectivity index (χ4n) is 2.01. The van der Waals surface area contributed by atoms with Gasteiger partial charge in [-0.3, -0.25) is 0 Å². The zero-order valence-electron chi connectivity index (χ0n) is 9.32. The molecule has 2 rings (SSSR count). The van der Waals surface area contributed by atoms with E-state index in [4.69, 9.17) is 0 Å². The highest BCUT2D eigenvalue weighted by Gasteiger charge is 2.19. The topological polar surface area (TPSA) is 37.8 Å². The highest BCUT2D eigenvalue weighted by Crippen LogP contribution is 2.30. The molecular weight excluding hydrogens is 186 g/mol. The van der Waals surface area contributed by atoms with Crippen LogP contribution in [0.4, 0.5) is 0 Å². The second-order valence-corrected chi connectivity index (χ2v) is 4.52. The van der Waals surface area contributed by atoms with Gasteiger partial charge in [-0.15, -0.1) is 0 Å². The second-order valence-electron chi connectivity index (χ2n) is 4.52. The number of hydrogen-bond acceptors (Lipinski definition) is 3. The quantitative estimate of drug-likeness (QED) is 0.800. The molecule has 1 heterocycles. The van der Waals surface area contributed by atoms with Crippen molar-refractivity contribution < 1.29 is 0 Å². The number of hydrogen-bond donors (Lipinski definition) is 1. The molecule has 15 heavy (non-hydrogen) atoms. The highest BCUT2D eigenvalue weighted by molar-refractivity contribution is 4.97. The molecule has 1 saturated carbocycles. The van der Waals surface area contributed by atoms with Gasteiger partial charge in [-0.1, -0.05) is 19.3 Å². The normalized spacial score (nSPS) is 18.5. The number of nitrogens with zero attached hydrogens (tertiary/aromatic N) is 2. The molecule has 0 amide bonds. The summed E-state index contributed by atoms with van der Waals surface area (Å²) in [7, 11) is 0. The van der Waals surface area contributed by atoms with E-state index in [1.165, 1.54) is 25.7 Å².